The quantitative estimate of drug-likeness (QED) is 0.370. The van der Waals surface area contributed by atoms with Crippen molar-refractivity contribution in [3.8, 4) is 0 Å². The van der Waals surface area contributed by atoms with Crippen molar-refractivity contribution in [1.29, 1.82) is 0 Å². The number of anilines is 3. The Bertz CT molecular complexity index is 1050. The molecule has 182 valence electrons. The van der Waals surface area contributed by atoms with Crippen LogP contribution in [0.1, 0.15) is 24.0 Å². The van der Waals surface area contributed by atoms with Gasteiger partial charge in [-0.1, -0.05) is 0 Å². The molecule has 4 nitrogen and oxygen atoms in total. The van der Waals surface area contributed by atoms with Crippen molar-refractivity contribution in [3.05, 3.63) is 78.2 Å². The second-order valence-electron chi connectivity index (χ2n) is 7.75. The number of pyridine rings is 2. The Morgan fingerprint density at radius 2 is 1.38 bits per heavy atom. The minimum Gasteiger partial charge on any atom is -0.356 e. The summed E-state index contributed by atoms with van der Waals surface area (Å²) in [6.45, 7) is 1.08. The van der Waals surface area contributed by atoms with E-state index in [0.29, 0.717) is 37.4 Å². The van der Waals surface area contributed by atoms with E-state index in [0.717, 1.165) is 30.1 Å². The largest absolute Gasteiger partial charge is 0.417 e. The number of alkyl halides is 6. The van der Waals surface area contributed by atoms with Gasteiger partial charge in [0.15, 0.2) is 0 Å². The van der Waals surface area contributed by atoms with Gasteiger partial charge in [0.1, 0.15) is 5.82 Å². The molecular formula is C23H21ClF6N4. The molecule has 1 aliphatic heterocycles. The van der Waals surface area contributed by atoms with E-state index < -0.39 is 23.5 Å². The average Bonchev–Trinajstić information content (AvgIpc) is 2.80. The van der Waals surface area contributed by atoms with Gasteiger partial charge >= 0.3 is 12.4 Å². The summed E-state index contributed by atoms with van der Waals surface area (Å²) in [7, 11) is 0. The SMILES string of the molecule is Cl.FC(F)(F)c1ccc(N(c2cccnc2)C2CCN(c3ccc(C(F)(F)F)cn3)CC2)cc1. The number of aromatic nitrogens is 2. The third-order valence-corrected chi connectivity index (χ3v) is 5.63. The molecule has 0 unspecified atom stereocenters. The van der Waals surface area contributed by atoms with Crippen molar-refractivity contribution in [3.63, 3.8) is 0 Å². The highest BCUT2D eigenvalue weighted by molar-refractivity contribution is 5.85. The maximum absolute atomic E-state index is 13.0. The van der Waals surface area contributed by atoms with Gasteiger partial charge in [0.05, 0.1) is 23.0 Å². The summed E-state index contributed by atoms with van der Waals surface area (Å²) < 4.78 is 77.3. The molecule has 1 fully saturated rings. The molecule has 1 aromatic carbocycles. The van der Waals surface area contributed by atoms with Crippen LogP contribution < -0.4 is 9.80 Å². The van der Waals surface area contributed by atoms with Crippen molar-refractivity contribution in [2.75, 3.05) is 22.9 Å². The van der Waals surface area contributed by atoms with Crippen molar-refractivity contribution < 1.29 is 26.3 Å². The molecule has 3 aromatic rings. The van der Waals surface area contributed by atoms with Gasteiger partial charge in [-0.05, 0) is 61.4 Å². The molecule has 3 heterocycles. The Balaban J connectivity index is 0.00000324. The molecule has 2 aromatic heterocycles. The zero-order valence-electron chi connectivity index (χ0n) is 17.7. The summed E-state index contributed by atoms with van der Waals surface area (Å²) in [5.74, 6) is 0.462. The highest BCUT2D eigenvalue weighted by Gasteiger charge is 2.33. The van der Waals surface area contributed by atoms with Gasteiger partial charge in [0.25, 0.3) is 0 Å². The summed E-state index contributed by atoms with van der Waals surface area (Å²) >= 11 is 0. The third-order valence-electron chi connectivity index (χ3n) is 5.63. The molecule has 34 heavy (non-hydrogen) atoms. The summed E-state index contributed by atoms with van der Waals surface area (Å²) in [6, 6.07) is 10.9. The van der Waals surface area contributed by atoms with Gasteiger partial charge < -0.3 is 9.80 Å². The van der Waals surface area contributed by atoms with E-state index in [1.54, 1.807) is 18.5 Å². The number of nitrogens with zero attached hydrogens (tertiary/aromatic N) is 4. The zero-order chi connectivity index (χ0) is 23.6. The molecule has 1 saturated heterocycles. The fourth-order valence-electron chi connectivity index (χ4n) is 3.97. The van der Waals surface area contributed by atoms with Crippen LogP contribution in [0.3, 0.4) is 0 Å². The van der Waals surface area contributed by atoms with Crippen LogP contribution in [-0.2, 0) is 12.4 Å². The molecule has 0 amide bonds. The van der Waals surface area contributed by atoms with Crippen LogP contribution in [0.5, 0.6) is 0 Å². The Kier molecular flexibility index (Phi) is 7.60. The van der Waals surface area contributed by atoms with Crippen molar-refractivity contribution >= 4 is 29.6 Å². The monoisotopic (exact) mass is 502 g/mol. The van der Waals surface area contributed by atoms with Crippen molar-refractivity contribution in [2.45, 2.75) is 31.2 Å². The van der Waals surface area contributed by atoms with E-state index in [1.807, 2.05) is 15.9 Å². The molecule has 11 heteroatoms. The molecule has 0 bridgehead atoms. The number of hydrogen-bond acceptors (Lipinski definition) is 4. The number of benzene rings is 1. The number of rotatable bonds is 4. The molecule has 1 aliphatic rings. The fraction of sp³-hybridized carbons (Fsp3) is 0.304. The standard InChI is InChI=1S/C23H20F6N4.ClH/c24-22(25,26)16-3-6-18(7-4-16)33(20-2-1-11-30-15-20)19-9-12-32(13-10-19)21-8-5-17(14-31-21)23(27,28)29;/h1-8,11,14-15,19H,9-10,12-13H2;1H. The molecule has 0 N–H and O–H groups in total. The first-order chi connectivity index (χ1) is 15.6. The van der Waals surface area contributed by atoms with Gasteiger partial charge in [-0.2, -0.15) is 26.3 Å². The maximum atomic E-state index is 13.0. The lowest BCUT2D eigenvalue weighted by Crippen LogP contribution is -2.43. The van der Waals surface area contributed by atoms with Crippen molar-refractivity contribution in [1.82, 2.24) is 9.97 Å². The minimum atomic E-state index is -4.44. The molecule has 0 aliphatic carbocycles. The number of piperidine rings is 1. The van der Waals surface area contributed by atoms with Crippen LogP contribution in [0.15, 0.2) is 67.1 Å². The topological polar surface area (TPSA) is 32.3 Å². The molecule has 0 spiro atoms. The first-order valence-corrected chi connectivity index (χ1v) is 10.3. The van der Waals surface area contributed by atoms with E-state index in [-0.39, 0.29) is 18.4 Å². The molecule has 0 atom stereocenters. The first-order valence-electron chi connectivity index (χ1n) is 10.3. The average molecular weight is 503 g/mol. The van der Waals surface area contributed by atoms with Gasteiger partial charge in [-0.15, -0.1) is 12.4 Å². The smallest absolute Gasteiger partial charge is 0.356 e. The lowest BCUT2D eigenvalue weighted by molar-refractivity contribution is -0.138. The predicted octanol–water partition coefficient (Wildman–Crippen LogP) is 6.74. The van der Waals surface area contributed by atoms with E-state index >= 15 is 0 Å². The Labute approximate surface area is 198 Å². The molecule has 4 rings (SSSR count). The van der Waals surface area contributed by atoms with Crippen LogP contribution in [0.25, 0.3) is 0 Å². The van der Waals surface area contributed by atoms with Crippen LogP contribution in [-0.4, -0.2) is 29.1 Å². The second kappa shape index (κ2) is 10.1. The fourth-order valence-corrected chi connectivity index (χ4v) is 3.97. The normalized spacial score (nSPS) is 15.1. The number of hydrogen-bond donors (Lipinski definition) is 0. The summed E-state index contributed by atoms with van der Waals surface area (Å²) in [5, 5.41) is 0. The van der Waals surface area contributed by atoms with Crippen LogP contribution in [0.2, 0.25) is 0 Å². The van der Waals surface area contributed by atoms with Gasteiger partial charge in [0, 0.05) is 37.2 Å². The van der Waals surface area contributed by atoms with Gasteiger partial charge in [-0.25, -0.2) is 4.98 Å². The minimum absolute atomic E-state index is 0. The second-order valence-corrected chi connectivity index (χ2v) is 7.75. The lowest BCUT2D eigenvalue weighted by atomic mass is 10.0. The number of halogens is 7. The van der Waals surface area contributed by atoms with Crippen LogP contribution in [0.4, 0.5) is 43.5 Å². The summed E-state index contributed by atoms with van der Waals surface area (Å²) in [6.07, 6.45) is -3.49. The maximum Gasteiger partial charge on any atom is 0.417 e. The third kappa shape index (κ3) is 5.72. The Hall–Kier alpha value is -3.01. The molecule has 0 saturated carbocycles. The zero-order valence-corrected chi connectivity index (χ0v) is 18.5. The van der Waals surface area contributed by atoms with E-state index in [1.165, 1.54) is 18.2 Å². The summed E-state index contributed by atoms with van der Waals surface area (Å²) in [4.78, 5) is 12.0. The molecule has 0 radical (unpaired) electrons. The van der Waals surface area contributed by atoms with E-state index in [4.69, 9.17) is 0 Å². The van der Waals surface area contributed by atoms with Gasteiger partial charge in [-0.3, -0.25) is 4.98 Å². The lowest BCUT2D eigenvalue weighted by Gasteiger charge is -2.40. The highest BCUT2D eigenvalue weighted by Crippen LogP contribution is 2.36. The Morgan fingerprint density at radius 3 is 1.88 bits per heavy atom. The predicted molar refractivity (Wildman–Crippen MR) is 120 cm³/mol. The van der Waals surface area contributed by atoms with Gasteiger partial charge in [0.2, 0.25) is 0 Å². The first kappa shape index (κ1) is 25.6. The van der Waals surface area contributed by atoms with Crippen molar-refractivity contribution in [2.24, 2.45) is 0 Å². The Morgan fingerprint density at radius 1 is 0.765 bits per heavy atom. The van der Waals surface area contributed by atoms with Crippen LogP contribution in [0, 0.1) is 0 Å². The van der Waals surface area contributed by atoms with E-state index in [2.05, 4.69) is 9.97 Å². The van der Waals surface area contributed by atoms with Crippen LogP contribution >= 0.6 is 12.4 Å². The highest BCUT2D eigenvalue weighted by atomic mass is 35.5. The summed E-state index contributed by atoms with van der Waals surface area (Å²) in [5.41, 5.74) is -0.155. The molecular weight excluding hydrogens is 482 g/mol. The van der Waals surface area contributed by atoms with E-state index in [9.17, 15) is 26.3 Å².